The molecule has 0 spiro atoms. The van der Waals surface area contributed by atoms with Crippen LogP contribution in [0.3, 0.4) is 0 Å². The quantitative estimate of drug-likeness (QED) is 0.401. The molecule has 0 amide bonds. The molecule has 5 rings (SSSR count). The van der Waals surface area contributed by atoms with Crippen molar-refractivity contribution in [3.8, 4) is 22.9 Å². The Morgan fingerprint density at radius 3 is 2.66 bits per heavy atom. The van der Waals surface area contributed by atoms with Gasteiger partial charge >= 0.3 is 0 Å². The largest absolute Gasteiger partial charge is 0.494 e. The van der Waals surface area contributed by atoms with Crippen LogP contribution in [0.15, 0.2) is 66.3 Å². The molecule has 0 radical (unpaired) electrons. The summed E-state index contributed by atoms with van der Waals surface area (Å²) in [5.41, 5.74) is 2.82. The van der Waals surface area contributed by atoms with Gasteiger partial charge < -0.3 is 9.47 Å². The summed E-state index contributed by atoms with van der Waals surface area (Å²) in [5, 5.41) is 7.63. The highest BCUT2D eigenvalue weighted by molar-refractivity contribution is 7.16. The highest BCUT2D eigenvalue weighted by Crippen LogP contribution is 2.25. The molecule has 2 aromatic carbocycles. The fourth-order valence-electron chi connectivity index (χ4n) is 3.15. The van der Waals surface area contributed by atoms with Gasteiger partial charge in [-0.25, -0.2) is 14.5 Å². The molecule has 29 heavy (non-hydrogen) atoms. The number of hydrogen-bond acceptors (Lipinski definition) is 6. The Kier molecular flexibility index (Phi) is 4.57. The van der Waals surface area contributed by atoms with Gasteiger partial charge in [0.1, 0.15) is 29.3 Å². The maximum Gasteiger partial charge on any atom is 0.182 e. The lowest BCUT2D eigenvalue weighted by Gasteiger charge is -2.08. The van der Waals surface area contributed by atoms with E-state index in [9.17, 15) is 0 Å². The zero-order chi connectivity index (χ0) is 19.6. The number of hydrogen-bond donors (Lipinski definition) is 0. The summed E-state index contributed by atoms with van der Waals surface area (Å²) in [6.45, 7) is 3.08. The van der Waals surface area contributed by atoms with Crippen molar-refractivity contribution in [1.82, 2.24) is 19.6 Å². The Morgan fingerprint density at radius 1 is 1.00 bits per heavy atom. The molecule has 144 valence electrons. The Balaban J connectivity index is 1.37. The summed E-state index contributed by atoms with van der Waals surface area (Å²) in [6.07, 6.45) is 1.71. The molecule has 3 heterocycles. The number of nitrogens with zero attached hydrogens (tertiary/aromatic N) is 4. The van der Waals surface area contributed by atoms with Crippen LogP contribution in [0.5, 0.6) is 11.5 Å². The Morgan fingerprint density at radius 2 is 1.83 bits per heavy atom. The van der Waals surface area contributed by atoms with Crippen molar-refractivity contribution in [2.45, 2.75) is 13.5 Å². The normalized spacial score (nSPS) is 11.2. The first-order valence-electron chi connectivity index (χ1n) is 9.34. The van der Waals surface area contributed by atoms with Crippen molar-refractivity contribution >= 4 is 27.2 Å². The van der Waals surface area contributed by atoms with Gasteiger partial charge in [0.05, 0.1) is 12.0 Å². The van der Waals surface area contributed by atoms with E-state index in [0.717, 1.165) is 38.5 Å². The number of ether oxygens (including phenoxy) is 2. The third-order valence-corrected chi connectivity index (χ3v) is 5.35. The van der Waals surface area contributed by atoms with E-state index in [-0.39, 0.29) is 0 Å². The first-order chi connectivity index (χ1) is 14.3. The minimum absolute atomic E-state index is 0.464. The predicted octanol–water partition coefficient (Wildman–Crippen LogP) is 4.98. The predicted molar refractivity (Wildman–Crippen MR) is 114 cm³/mol. The zero-order valence-electron chi connectivity index (χ0n) is 15.8. The second-order valence-electron chi connectivity index (χ2n) is 6.48. The lowest BCUT2D eigenvalue weighted by atomic mass is 10.1. The van der Waals surface area contributed by atoms with Crippen LogP contribution in [-0.2, 0) is 6.61 Å². The zero-order valence-corrected chi connectivity index (χ0v) is 16.6. The fourth-order valence-corrected chi connectivity index (χ4v) is 3.88. The van der Waals surface area contributed by atoms with Crippen molar-refractivity contribution in [2.75, 3.05) is 6.61 Å². The Labute approximate surface area is 171 Å². The molecule has 0 aliphatic carbocycles. The van der Waals surface area contributed by atoms with E-state index in [1.165, 1.54) is 0 Å². The number of aromatic nitrogens is 4. The second-order valence-corrected chi connectivity index (χ2v) is 7.38. The highest BCUT2D eigenvalue weighted by atomic mass is 32.1. The summed E-state index contributed by atoms with van der Waals surface area (Å²) in [7, 11) is 0. The van der Waals surface area contributed by atoms with E-state index in [1.54, 1.807) is 22.2 Å². The van der Waals surface area contributed by atoms with Crippen molar-refractivity contribution in [3.05, 3.63) is 71.9 Å². The SMILES string of the molecule is CCOc1ccc(OCc2cccc(-c3nc4c5ccsc5ncn4n3)c2)cc1. The van der Waals surface area contributed by atoms with E-state index in [1.807, 2.05) is 60.8 Å². The standard InChI is InChI=1S/C22H18N4O2S/c1-2-27-17-6-8-18(9-7-17)28-13-15-4-3-5-16(12-15)20-24-21-19-10-11-29-22(19)23-14-26(21)25-20/h3-12,14H,2,13H2,1H3. The Hall–Kier alpha value is -3.45. The van der Waals surface area contributed by atoms with Crippen LogP contribution in [0.2, 0.25) is 0 Å². The lowest BCUT2D eigenvalue weighted by molar-refractivity contribution is 0.304. The van der Waals surface area contributed by atoms with Crippen molar-refractivity contribution < 1.29 is 9.47 Å². The van der Waals surface area contributed by atoms with Gasteiger partial charge in [0.2, 0.25) is 0 Å². The van der Waals surface area contributed by atoms with Crippen molar-refractivity contribution in [3.63, 3.8) is 0 Å². The van der Waals surface area contributed by atoms with E-state index in [4.69, 9.17) is 14.5 Å². The van der Waals surface area contributed by atoms with E-state index in [2.05, 4.69) is 16.1 Å². The third kappa shape index (κ3) is 3.52. The Bertz CT molecular complexity index is 1280. The minimum atomic E-state index is 0.464. The van der Waals surface area contributed by atoms with Crippen molar-refractivity contribution in [2.24, 2.45) is 0 Å². The number of rotatable bonds is 6. The van der Waals surface area contributed by atoms with Crippen LogP contribution in [-0.4, -0.2) is 26.2 Å². The van der Waals surface area contributed by atoms with Crippen LogP contribution in [0.1, 0.15) is 12.5 Å². The minimum Gasteiger partial charge on any atom is -0.494 e. The van der Waals surface area contributed by atoms with Gasteiger partial charge in [0.25, 0.3) is 0 Å². The van der Waals surface area contributed by atoms with Gasteiger partial charge in [-0.2, -0.15) is 0 Å². The smallest absolute Gasteiger partial charge is 0.182 e. The molecule has 0 unspecified atom stereocenters. The molecule has 0 saturated heterocycles. The molecular weight excluding hydrogens is 384 g/mol. The summed E-state index contributed by atoms with van der Waals surface area (Å²) in [4.78, 5) is 10.1. The van der Waals surface area contributed by atoms with Crippen LogP contribution in [0, 0.1) is 0 Å². The van der Waals surface area contributed by atoms with E-state index in [0.29, 0.717) is 19.0 Å². The van der Waals surface area contributed by atoms with Gasteiger partial charge in [0.15, 0.2) is 11.5 Å². The van der Waals surface area contributed by atoms with Crippen molar-refractivity contribution in [1.29, 1.82) is 0 Å². The average Bonchev–Trinajstić information content (AvgIpc) is 3.40. The molecule has 0 aliphatic rings. The van der Waals surface area contributed by atoms with Crippen LogP contribution < -0.4 is 9.47 Å². The van der Waals surface area contributed by atoms with Gasteiger partial charge in [-0.15, -0.1) is 16.4 Å². The first kappa shape index (κ1) is 17.6. The lowest BCUT2D eigenvalue weighted by Crippen LogP contribution is -1.96. The summed E-state index contributed by atoms with van der Waals surface area (Å²) in [5.74, 6) is 2.32. The molecule has 6 nitrogen and oxygen atoms in total. The van der Waals surface area contributed by atoms with E-state index < -0.39 is 0 Å². The topological polar surface area (TPSA) is 61.5 Å². The maximum atomic E-state index is 5.91. The maximum absolute atomic E-state index is 5.91. The number of thiophene rings is 1. The monoisotopic (exact) mass is 402 g/mol. The van der Waals surface area contributed by atoms with Gasteiger partial charge in [0, 0.05) is 5.56 Å². The molecule has 7 heteroatoms. The molecule has 0 saturated carbocycles. The molecule has 0 aliphatic heterocycles. The molecule has 0 N–H and O–H groups in total. The van der Waals surface area contributed by atoms with Crippen LogP contribution in [0.4, 0.5) is 0 Å². The molecule has 3 aromatic heterocycles. The fraction of sp³-hybridized carbons (Fsp3) is 0.136. The number of benzene rings is 2. The first-order valence-corrected chi connectivity index (χ1v) is 10.2. The van der Waals surface area contributed by atoms with Crippen LogP contribution in [0.25, 0.3) is 27.3 Å². The van der Waals surface area contributed by atoms with Gasteiger partial charge in [-0.3, -0.25) is 0 Å². The summed E-state index contributed by atoms with van der Waals surface area (Å²) >= 11 is 1.60. The second kappa shape index (κ2) is 7.52. The molecule has 0 bridgehead atoms. The summed E-state index contributed by atoms with van der Waals surface area (Å²) < 4.78 is 13.1. The molecule has 0 fully saturated rings. The summed E-state index contributed by atoms with van der Waals surface area (Å²) in [6, 6.07) is 17.8. The molecule has 5 aromatic rings. The highest BCUT2D eigenvalue weighted by Gasteiger charge is 2.11. The van der Waals surface area contributed by atoms with Gasteiger partial charge in [-0.05, 0) is 54.3 Å². The molecule has 0 atom stereocenters. The van der Waals surface area contributed by atoms with Crippen LogP contribution >= 0.6 is 11.3 Å². The molecular formula is C22H18N4O2S. The number of fused-ring (bicyclic) bond motifs is 3. The van der Waals surface area contributed by atoms with E-state index >= 15 is 0 Å². The third-order valence-electron chi connectivity index (χ3n) is 4.53. The average molecular weight is 402 g/mol. The van der Waals surface area contributed by atoms with Gasteiger partial charge in [-0.1, -0.05) is 18.2 Å².